The van der Waals surface area contributed by atoms with Crippen molar-refractivity contribution in [3.05, 3.63) is 48.7 Å². The average molecular weight is 253 g/mol. The minimum Gasteiger partial charge on any atom is -0.478 e. The van der Waals surface area contributed by atoms with Crippen molar-refractivity contribution in [2.45, 2.75) is 6.10 Å². The Morgan fingerprint density at radius 1 is 1.21 bits per heavy atom. The van der Waals surface area contributed by atoms with Crippen LogP contribution in [0.2, 0.25) is 0 Å². The Kier molecular flexibility index (Phi) is 2.14. The Labute approximate surface area is 109 Å². The second kappa shape index (κ2) is 3.94. The summed E-state index contributed by atoms with van der Waals surface area (Å²) in [7, 11) is 0. The van der Waals surface area contributed by atoms with Crippen molar-refractivity contribution in [3.8, 4) is 5.75 Å². The fourth-order valence-electron chi connectivity index (χ4n) is 2.24. The summed E-state index contributed by atoms with van der Waals surface area (Å²) in [5.74, 6) is 1.59. The lowest BCUT2D eigenvalue weighted by molar-refractivity contribution is 0.199. The highest BCUT2D eigenvalue weighted by Gasteiger charge is 2.24. The van der Waals surface area contributed by atoms with Gasteiger partial charge in [-0.25, -0.2) is 4.98 Å². The molecule has 6 nitrogen and oxygen atoms in total. The first-order valence-corrected chi connectivity index (χ1v) is 6.06. The lowest BCUT2D eigenvalue weighted by Crippen LogP contribution is -2.25. The number of benzene rings is 1. The van der Waals surface area contributed by atoms with Crippen molar-refractivity contribution >= 4 is 11.3 Å². The molecule has 4 rings (SSSR count). The number of aromatic nitrogens is 4. The van der Waals surface area contributed by atoms with E-state index in [1.165, 1.54) is 0 Å². The Balaban J connectivity index is 1.75. The summed E-state index contributed by atoms with van der Waals surface area (Å²) in [5, 5.41) is 11.7. The van der Waals surface area contributed by atoms with Gasteiger partial charge in [0.2, 0.25) is 0 Å². The molecule has 1 aliphatic rings. The molecular formula is C13H11N5O. The van der Waals surface area contributed by atoms with Crippen LogP contribution < -0.4 is 10.1 Å². The fourth-order valence-corrected chi connectivity index (χ4v) is 2.24. The first-order chi connectivity index (χ1) is 9.42. The van der Waals surface area contributed by atoms with E-state index in [-0.39, 0.29) is 6.10 Å². The number of nitrogens with one attached hydrogen (secondary N) is 1. The van der Waals surface area contributed by atoms with Gasteiger partial charge in [-0.05, 0) is 12.1 Å². The third-order valence-corrected chi connectivity index (χ3v) is 3.16. The van der Waals surface area contributed by atoms with Crippen LogP contribution in [0.15, 0.2) is 42.9 Å². The van der Waals surface area contributed by atoms with E-state index in [0.29, 0.717) is 6.54 Å². The monoisotopic (exact) mass is 253 g/mol. The summed E-state index contributed by atoms with van der Waals surface area (Å²) in [6.45, 7) is 0.659. The highest BCUT2D eigenvalue weighted by atomic mass is 16.5. The molecule has 0 fully saturated rings. The summed E-state index contributed by atoms with van der Waals surface area (Å²) in [6, 6.07) is 9.68. The van der Waals surface area contributed by atoms with Crippen molar-refractivity contribution in [2.24, 2.45) is 0 Å². The second-order valence-electron chi connectivity index (χ2n) is 4.35. The number of hydrogen-bond acceptors (Lipinski definition) is 5. The van der Waals surface area contributed by atoms with Gasteiger partial charge < -0.3 is 10.1 Å². The van der Waals surface area contributed by atoms with Crippen LogP contribution in [0.5, 0.6) is 5.75 Å². The standard InChI is InChI=1S/C13H11N5O/c1-2-4-10-9(3-1)15-7-11(19-10)13-17-16-12-5-6-14-8-18(12)13/h1-6,8,11,15H,7H2. The van der Waals surface area contributed by atoms with Crippen molar-refractivity contribution in [3.63, 3.8) is 0 Å². The lowest BCUT2D eigenvalue weighted by Gasteiger charge is -2.26. The summed E-state index contributed by atoms with van der Waals surface area (Å²) in [5.41, 5.74) is 1.78. The van der Waals surface area contributed by atoms with Gasteiger partial charge in [0.1, 0.15) is 12.1 Å². The Bertz CT molecular complexity index is 738. The smallest absolute Gasteiger partial charge is 0.181 e. The zero-order chi connectivity index (χ0) is 12.7. The summed E-state index contributed by atoms with van der Waals surface area (Å²) in [4.78, 5) is 4.09. The molecule has 1 atom stereocenters. The topological polar surface area (TPSA) is 64.3 Å². The number of para-hydroxylation sites is 2. The van der Waals surface area contributed by atoms with Crippen LogP contribution in [0.25, 0.3) is 5.65 Å². The van der Waals surface area contributed by atoms with Gasteiger partial charge in [0.25, 0.3) is 0 Å². The zero-order valence-corrected chi connectivity index (χ0v) is 10.0. The molecule has 6 heteroatoms. The molecule has 3 aromatic rings. The van der Waals surface area contributed by atoms with Crippen LogP contribution in [0.3, 0.4) is 0 Å². The van der Waals surface area contributed by atoms with Crippen molar-refractivity contribution in [2.75, 3.05) is 11.9 Å². The maximum absolute atomic E-state index is 5.97. The van der Waals surface area contributed by atoms with E-state index in [4.69, 9.17) is 4.74 Å². The lowest BCUT2D eigenvalue weighted by atomic mass is 10.2. The molecule has 0 bridgehead atoms. The maximum atomic E-state index is 5.97. The number of anilines is 1. The molecule has 1 aliphatic heterocycles. The maximum Gasteiger partial charge on any atom is 0.181 e. The highest BCUT2D eigenvalue weighted by molar-refractivity contribution is 5.58. The van der Waals surface area contributed by atoms with Crippen molar-refractivity contribution in [1.82, 2.24) is 19.6 Å². The summed E-state index contributed by atoms with van der Waals surface area (Å²) >= 11 is 0. The number of rotatable bonds is 1. The first kappa shape index (κ1) is 10.3. The quantitative estimate of drug-likeness (QED) is 0.714. The van der Waals surface area contributed by atoms with Gasteiger partial charge in [0, 0.05) is 12.3 Å². The molecule has 0 radical (unpaired) electrons. The summed E-state index contributed by atoms with van der Waals surface area (Å²) < 4.78 is 7.82. The van der Waals surface area contributed by atoms with Gasteiger partial charge in [-0.15, -0.1) is 10.2 Å². The van der Waals surface area contributed by atoms with E-state index in [2.05, 4.69) is 20.5 Å². The SMILES string of the molecule is c1ccc2c(c1)NCC(c1nnc3ccncn13)O2. The molecule has 1 unspecified atom stereocenters. The van der Waals surface area contributed by atoms with E-state index in [9.17, 15) is 0 Å². The molecule has 1 N–H and O–H groups in total. The number of fused-ring (bicyclic) bond motifs is 2. The van der Waals surface area contributed by atoms with Gasteiger partial charge in [-0.1, -0.05) is 12.1 Å². The molecule has 0 spiro atoms. The normalized spacial score (nSPS) is 17.6. The fraction of sp³-hybridized carbons (Fsp3) is 0.154. The Morgan fingerprint density at radius 3 is 3.16 bits per heavy atom. The molecule has 19 heavy (non-hydrogen) atoms. The van der Waals surface area contributed by atoms with E-state index < -0.39 is 0 Å². The van der Waals surface area contributed by atoms with E-state index in [0.717, 1.165) is 22.9 Å². The molecule has 2 aromatic heterocycles. The van der Waals surface area contributed by atoms with Crippen molar-refractivity contribution in [1.29, 1.82) is 0 Å². The molecule has 0 saturated heterocycles. The van der Waals surface area contributed by atoms with Gasteiger partial charge in [-0.2, -0.15) is 0 Å². The Hall–Kier alpha value is -2.63. The predicted octanol–water partition coefficient (Wildman–Crippen LogP) is 1.67. The largest absolute Gasteiger partial charge is 0.478 e. The molecule has 3 heterocycles. The van der Waals surface area contributed by atoms with Gasteiger partial charge in [-0.3, -0.25) is 4.40 Å². The number of nitrogens with zero attached hydrogens (tertiary/aromatic N) is 4. The molecular weight excluding hydrogens is 242 g/mol. The molecule has 94 valence electrons. The van der Waals surface area contributed by atoms with Crippen LogP contribution in [0.1, 0.15) is 11.9 Å². The van der Waals surface area contributed by atoms with Crippen LogP contribution in [-0.4, -0.2) is 26.1 Å². The van der Waals surface area contributed by atoms with Gasteiger partial charge in [0.05, 0.1) is 12.2 Å². The van der Waals surface area contributed by atoms with Gasteiger partial charge >= 0.3 is 0 Å². The first-order valence-electron chi connectivity index (χ1n) is 6.06. The third kappa shape index (κ3) is 1.61. The zero-order valence-electron chi connectivity index (χ0n) is 10.0. The second-order valence-corrected chi connectivity index (χ2v) is 4.35. The molecule has 0 aliphatic carbocycles. The predicted molar refractivity (Wildman–Crippen MR) is 69.1 cm³/mol. The van der Waals surface area contributed by atoms with E-state index in [1.54, 1.807) is 12.5 Å². The van der Waals surface area contributed by atoms with Crippen LogP contribution in [0, 0.1) is 0 Å². The van der Waals surface area contributed by atoms with E-state index >= 15 is 0 Å². The van der Waals surface area contributed by atoms with Crippen molar-refractivity contribution < 1.29 is 4.74 Å². The van der Waals surface area contributed by atoms with Crippen LogP contribution in [-0.2, 0) is 0 Å². The van der Waals surface area contributed by atoms with Crippen LogP contribution >= 0.6 is 0 Å². The average Bonchev–Trinajstić information content (AvgIpc) is 2.91. The minimum atomic E-state index is -0.172. The number of ether oxygens (including phenoxy) is 1. The molecule has 0 amide bonds. The van der Waals surface area contributed by atoms with Crippen LogP contribution in [0.4, 0.5) is 5.69 Å². The highest BCUT2D eigenvalue weighted by Crippen LogP contribution is 2.33. The Morgan fingerprint density at radius 2 is 2.16 bits per heavy atom. The number of hydrogen-bond donors (Lipinski definition) is 1. The minimum absolute atomic E-state index is 0.172. The van der Waals surface area contributed by atoms with E-state index in [1.807, 2.05) is 34.7 Å². The molecule has 1 aromatic carbocycles. The summed E-state index contributed by atoms with van der Waals surface area (Å²) in [6.07, 6.45) is 3.23. The van der Waals surface area contributed by atoms with Gasteiger partial charge in [0.15, 0.2) is 17.6 Å². The molecule has 0 saturated carbocycles. The third-order valence-electron chi connectivity index (χ3n) is 3.16.